The maximum Gasteiger partial charge on any atom is 0.328 e. The lowest BCUT2D eigenvalue weighted by atomic mass is 10.2. The first-order chi connectivity index (χ1) is 9.93. The highest BCUT2D eigenvalue weighted by Gasteiger charge is 2.14. The predicted octanol–water partition coefficient (Wildman–Crippen LogP) is 1.68. The number of benzene rings is 1. The van der Waals surface area contributed by atoms with Gasteiger partial charge in [-0.25, -0.2) is 4.79 Å². The zero-order chi connectivity index (χ0) is 15.8. The van der Waals surface area contributed by atoms with Crippen LogP contribution in [0.4, 0.5) is 5.69 Å². The number of carbonyl (C=O) groups is 2. The molecule has 7 nitrogen and oxygen atoms in total. The van der Waals surface area contributed by atoms with Gasteiger partial charge >= 0.3 is 5.97 Å². The van der Waals surface area contributed by atoms with Crippen LogP contribution in [0.1, 0.15) is 19.4 Å². The summed E-state index contributed by atoms with van der Waals surface area (Å²) >= 11 is 0. The summed E-state index contributed by atoms with van der Waals surface area (Å²) in [7, 11) is 0. The normalized spacial score (nSPS) is 11.9. The topological polar surface area (TPSA) is 98.5 Å². The quantitative estimate of drug-likeness (QED) is 0.372. The molecule has 0 aliphatic heterocycles. The van der Waals surface area contributed by atoms with Crippen LogP contribution in [0.5, 0.6) is 0 Å². The molecule has 0 spiro atoms. The fraction of sp³-hybridized carbons (Fsp3) is 0.286. The first-order valence-corrected chi connectivity index (χ1v) is 6.33. The van der Waals surface area contributed by atoms with Crippen LogP contribution >= 0.6 is 0 Å². The molecule has 1 rings (SSSR count). The van der Waals surface area contributed by atoms with E-state index in [4.69, 9.17) is 4.74 Å². The van der Waals surface area contributed by atoms with Crippen LogP contribution in [0.15, 0.2) is 30.3 Å². The molecule has 1 N–H and O–H groups in total. The Bertz CT molecular complexity index is 551. The predicted molar refractivity (Wildman–Crippen MR) is 76.4 cm³/mol. The summed E-state index contributed by atoms with van der Waals surface area (Å²) in [5.74, 6) is -0.955. The smallest absolute Gasteiger partial charge is 0.328 e. The number of nitro groups is 1. The van der Waals surface area contributed by atoms with Crippen LogP contribution in [0, 0.1) is 10.1 Å². The van der Waals surface area contributed by atoms with Crippen LogP contribution in [0.25, 0.3) is 6.08 Å². The van der Waals surface area contributed by atoms with Crippen molar-refractivity contribution in [1.82, 2.24) is 5.32 Å². The van der Waals surface area contributed by atoms with Gasteiger partial charge in [-0.15, -0.1) is 0 Å². The summed E-state index contributed by atoms with van der Waals surface area (Å²) in [4.78, 5) is 32.9. The molecule has 7 heteroatoms. The Morgan fingerprint density at radius 3 is 2.52 bits per heavy atom. The summed E-state index contributed by atoms with van der Waals surface area (Å²) < 4.78 is 4.76. The van der Waals surface area contributed by atoms with Gasteiger partial charge in [-0.05, 0) is 37.6 Å². The number of nitro benzene ring substituents is 1. The molecular weight excluding hydrogens is 276 g/mol. The van der Waals surface area contributed by atoms with Gasteiger partial charge in [0, 0.05) is 18.2 Å². The first kappa shape index (κ1) is 16.4. The molecule has 0 aromatic heterocycles. The minimum atomic E-state index is -0.737. The summed E-state index contributed by atoms with van der Waals surface area (Å²) in [5, 5.41) is 13.0. The molecule has 0 saturated heterocycles. The zero-order valence-electron chi connectivity index (χ0n) is 11.7. The van der Waals surface area contributed by atoms with Gasteiger partial charge in [0.2, 0.25) is 5.91 Å². The van der Waals surface area contributed by atoms with Gasteiger partial charge in [0.1, 0.15) is 6.04 Å². The summed E-state index contributed by atoms with van der Waals surface area (Å²) in [6, 6.07) is 5.00. The van der Waals surface area contributed by atoms with E-state index in [0.717, 1.165) is 0 Å². The van der Waals surface area contributed by atoms with Gasteiger partial charge < -0.3 is 10.1 Å². The third-order valence-electron chi connectivity index (χ3n) is 2.53. The van der Waals surface area contributed by atoms with Gasteiger partial charge in [-0.1, -0.05) is 0 Å². The van der Waals surface area contributed by atoms with Gasteiger partial charge in [-0.3, -0.25) is 14.9 Å². The van der Waals surface area contributed by atoms with Gasteiger partial charge in [-0.2, -0.15) is 0 Å². The third-order valence-corrected chi connectivity index (χ3v) is 2.53. The minimum Gasteiger partial charge on any atom is -0.464 e. The number of nitrogens with one attached hydrogen (secondary N) is 1. The van der Waals surface area contributed by atoms with E-state index in [2.05, 4.69) is 5.32 Å². The second-order valence-corrected chi connectivity index (χ2v) is 4.16. The van der Waals surface area contributed by atoms with Crippen molar-refractivity contribution in [2.75, 3.05) is 6.61 Å². The fourth-order valence-electron chi connectivity index (χ4n) is 1.47. The summed E-state index contributed by atoms with van der Waals surface area (Å²) in [6.07, 6.45) is 2.74. The molecular formula is C14H16N2O5. The third kappa shape index (κ3) is 5.43. The Morgan fingerprint density at radius 1 is 1.38 bits per heavy atom. The van der Waals surface area contributed by atoms with Crippen molar-refractivity contribution < 1.29 is 19.2 Å². The average molecular weight is 292 g/mol. The minimum absolute atomic E-state index is 0.0208. The molecule has 1 aromatic rings. The second-order valence-electron chi connectivity index (χ2n) is 4.16. The van der Waals surface area contributed by atoms with Crippen LogP contribution < -0.4 is 5.32 Å². The van der Waals surface area contributed by atoms with Gasteiger partial charge in [0.05, 0.1) is 11.5 Å². The van der Waals surface area contributed by atoms with Crippen LogP contribution in [0.2, 0.25) is 0 Å². The molecule has 0 saturated carbocycles. The largest absolute Gasteiger partial charge is 0.464 e. The number of esters is 1. The van der Waals surface area contributed by atoms with E-state index in [1.165, 1.54) is 43.3 Å². The first-order valence-electron chi connectivity index (χ1n) is 6.33. The molecule has 0 aliphatic rings. The van der Waals surface area contributed by atoms with Crippen LogP contribution in [-0.2, 0) is 14.3 Å². The Labute approximate surface area is 121 Å². The van der Waals surface area contributed by atoms with Crippen LogP contribution in [0.3, 0.4) is 0 Å². The molecule has 0 heterocycles. The van der Waals surface area contributed by atoms with E-state index in [9.17, 15) is 19.7 Å². The molecule has 0 aliphatic carbocycles. The van der Waals surface area contributed by atoms with E-state index in [0.29, 0.717) is 5.56 Å². The van der Waals surface area contributed by atoms with Crippen LogP contribution in [-0.4, -0.2) is 29.4 Å². The Hall–Kier alpha value is -2.70. The highest BCUT2D eigenvalue weighted by Crippen LogP contribution is 2.12. The monoisotopic (exact) mass is 292 g/mol. The van der Waals surface area contributed by atoms with Crippen molar-refractivity contribution in [3.8, 4) is 0 Å². The SMILES string of the molecule is CCOC(=O)C(C)NC(=O)/C=C/c1ccc([N+](=O)[O-])cc1. The van der Waals surface area contributed by atoms with Crippen molar-refractivity contribution in [2.45, 2.75) is 19.9 Å². The maximum absolute atomic E-state index is 11.6. The lowest BCUT2D eigenvalue weighted by Crippen LogP contribution is -2.38. The Balaban J connectivity index is 2.57. The van der Waals surface area contributed by atoms with Crippen molar-refractivity contribution in [2.24, 2.45) is 0 Å². The summed E-state index contributed by atoms with van der Waals surface area (Å²) in [6.45, 7) is 3.45. The summed E-state index contributed by atoms with van der Waals surface area (Å²) in [5.41, 5.74) is 0.618. The number of non-ortho nitro benzene ring substituents is 1. The van der Waals surface area contributed by atoms with E-state index in [1.54, 1.807) is 6.92 Å². The molecule has 21 heavy (non-hydrogen) atoms. The van der Waals surface area contributed by atoms with Crippen molar-refractivity contribution in [1.29, 1.82) is 0 Å². The highest BCUT2D eigenvalue weighted by atomic mass is 16.6. The van der Waals surface area contributed by atoms with E-state index in [1.807, 2.05) is 0 Å². The molecule has 112 valence electrons. The molecule has 1 aromatic carbocycles. The van der Waals surface area contributed by atoms with Gasteiger partial charge in [0.15, 0.2) is 0 Å². The number of amides is 1. The Morgan fingerprint density at radius 2 is 2.00 bits per heavy atom. The number of rotatable bonds is 6. The lowest BCUT2D eigenvalue weighted by molar-refractivity contribution is -0.384. The van der Waals surface area contributed by atoms with E-state index < -0.39 is 22.8 Å². The highest BCUT2D eigenvalue weighted by molar-refractivity contribution is 5.94. The molecule has 1 amide bonds. The molecule has 1 unspecified atom stereocenters. The molecule has 0 radical (unpaired) electrons. The van der Waals surface area contributed by atoms with Gasteiger partial charge in [0.25, 0.3) is 5.69 Å². The average Bonchev–Trinajstić information content (AvgIpc) is 2.45. The molecule has 0 bridgehead atoms. The number of nitrogens with zero attached hydrogens (tertiary/aromatic N) is 1. The second kappa shape index (κ2) is 7.78. The number of carbonyl (C=O) groups excluding carboxylic acids is 2. The van der Waals surface area contributed by atoms with E-state index in [-0.39, 0.29) is 12.3 Å². The Kier molecular flexibility index (Phi) is 6.06. The van der Waals surface area contributed by atoms with E-state index >= 15 is 0 Å². The maximum atomic E-state index is 11.6. The van der Waals surface area contributed by atoms with Crippen molar-refractivity contribution in [3.63, 3.8) is 0 Å². The van der Waals surface area contributed by atoms with Crippen molar-refractivity contribution >= 4 is 23.6 Å². The zero-order valence-corrected chi connectivity index (χ0v) is 11.7. The standard InChI is InChI=1S/C14H16N2O5/c1-3-21-14(18)10(2)15-13(17)9-6-11-4-7-12(8-5-11)16(19)20/h4-10H,3H2,1-2H3,(H,15,17)/b9-6+. The number of hydrogen-bond donors (Lipinski definition) is 1. The fourth-order valence-corrected chi connectivity index (χ4v) is 1.47. The van der Waals surface area contributed by atoms with Crippen molar-refractivity contribution in [3.05, 3.63) is 46.0 Å². The molecule has 1 atom stereocenters. The number of ether oxygens (including phenoxy) is 1. The molecule has 0 fully saturated rings. The lowest BCUT2D eigenvalue weighted by Gasteiger charge is -2.10. The number of hydrogen-bond acceptors (Lipinski definition) is 5.